The minimum Gasteiger partial charge on any atom is -1.00 e. The number of aryl methyl sites for hydroxylation is 1. The number of halogens is 1. The minimum absolute atomic E-state index is 0. The number of carboxylic acid groups (broad SMARTS) is 1. The quantitative estimate of drug-likeness (QED) is 0.507. The van der Waals surface area contributed by atoms with Crippen LogP contribution in [0.25, 0.3) is 10.9 Å². The molecule has 0 unspecified atom stereocenters. The summed E-state index contributed by atoms with van der Waals surface area (Å²) in [6, 6.07) is 9.08. The molecule has 0 aliphatic carbocycles. The lowest BCUT2D eigenvalue weighted by molar-refractivity contribution is -0.644. The van der Waals surface area contributed by atoms with E-state index in [1.165, 1.54) is 0 Å². The van der Waals surface area contributed by atoms with Gasteiger partial charge in [-0.25, -0.2) is 9.36 Å². The first-order chi connectivity index (χ1) is 6.70. The van der Waals surface area contributed by atoms with Crippen LogP contribution >= 0.6 is 0 Å². The number of benzene rings is 1. The van der Waals surface area contributed by atoms with Crippen molar-refractivity contribution in [2.75, 3.05) is 0 Å². The van der Waals surface area contributed by atoms with Gasteiger partial charge in [-0.2, -0.15) is 0 Å². The Hall–Kier alpha value is -1.17. The summed E-state index contributed by atoms with van der Waals surface area (Å²) in [7, 11) is 1.90. The second-order valence-electron chi connectivity index (χ2n) is 3.16. The van der Waals surface area contributed by atoms with E-state index in [-0.39, 0.29) is 24.0 Å². The lowest BCUT2D eigenvalue weighted by Gasteiger charge is -1.99. The molecule has 1 heterocycles. The molecule has 0 radical (unpaired) electrons. The van der Waals surface area contributed by atoms with Crippen LogP contribution in [0.3, 0.4) is 0 Å². The Labute approximate surface area is 104 Å². The van der Waals surface area contributed by atoms with Crippen LogP contribution in [0.5, 0.6) is 0 Å². The van der Waals surface area contributed by atoms with Gasteiger partial charge in [0.1, 0.15) is 7.05 Å². The predicted octanol–water partition coefficient (Wildman–Crippen LogP) is -1.63. The molecule has 0 aliphatic rings. The van der Waals surface area contributed by atoms with Crippen molar-refractivity contribution in [2.24, 2.45) is 7.05 Å². The molecule has 1 N–H and O–H groups in total. The van der Waals surface area contributed by atoms with Crippen LogP contribution in [0.2, 0.25) is 0 Å². The maximum absolute atomic E-state index is 10.9. The van der Waals surface area contributed by atoms with E-state index in [1.54, 1.807) is 12.3 Å². The molecule has 0 atom stereocenters. The molecule has 0 fully saturated rings. The van der Waals surface area contributed by atoms with Crippen LogP contribution in [-0.4, -0.2) is 11.1 Å². The summed E-state index contributed by atoms with van der Waals surface area (Å²) in [5.74, 6) is -0.887. The zero-order valence-corrected chi connectivity index (χ0v) is 10.3. The highest BCUT2D eigenvalue weighted by Gasteiger charge is 2.13. The average Bonchev–Trinajstić information content (AvgIpc) is 2.18. The third-order valence-corrected chi connectivity index (χ3v) is 2.27. The van der Waals surface area contributed by atoms with E-state index >= 15 is 0 Å². The van der Waals surface area contributed by atoms with Gasteiger partial charge in [-0.15, -0.1) is 0 Å². The van der Waals surface area contributed by atoms with Gasteiger partial charge in [0.15, 0.2) is 6.20 Å². The zero-order chi connectivity index (χ0) is 10.1. The Kier molecular flexibility index (Phi) is 3.62. The summed E-state index contributed by atoms with van der Waals surface area (Å²) in [5.41, 5.74) is 1.27. The third-order valence-electron chi connectivity index (χ3n) is 2.27. The molecule has 1 aromatic carbocycles. The molecule has 1 aromatic heterocycles. The van der Waals surface area contributed by atoms with Crippen LogP contribution in [0.15, 0.2) is 36.5 Å². The van der Waals surface area contributed by atoms with Gasteiger partial charge in [0, 0.05) is 12.1 Å². The molecular formula is C11H10INO2. The Morgan fingerprint density at radius 1 is 1.27 bits per heavy atom. The van der Waals surface area contributed by atoms with Crippen molar-refractivity contribution in [1.29, 1.82) is 0 Å². The minimum atomic E-state index is -0.887. The first kappa shape index (κ1) is 11.9. The largest absolute Gasteiger partial charge is 1.00 e. The third kappa shape index (κ3) is 2.09. The van der Waals surface area contributed by atoms with Crippen molar-refractivity contribution in [3.63, 3.8) is 0 Å². The SMILES string of the molecule is C[n+]1ccc(C(=O)O)c2ccccc21.[I-]. The fourth-order valence-electron chi connectivity index (χ4n) is 1.55. The molecule has 2 aromatic rings. The number of hydrogen-bond donors (Lipinski definition) is 1. The Bertz CT molecular complexity index is 511. The number of aromatic carboxylic acids is 1. The number of hydrogen-bond acceptors (Lipinski definition) is 1. The lowest BCUT2D eigenvalue weighted by atomic mass is 10.1. The number of para-hydroxylation sites is 1. The molecule has 2 rings (SSSR count). The van der Waals surface area contributed by atoms with Gasteiger partial charge in [-0.1, -0.05) is 12.1 Å². The smallest absolute Gasteiger partial charge is 0.336 e. The average molecular weight is 315 g/mol. The summed E-state index contributed by atoms with van der Waals surface area (Å²) >= 11 is 0. The molecule has 0 saturated heterocycles. The summed E-state index contributed by atoms with van der Waals surface area (Å²) in [6.45, 7) is 0. The molecule has 3 nitrogen and oxygen atoms in total. The standard InChI is InChI=1S/C11H9NO2.HI/c1-12-7-6-9(11(13)14)8-4-2-3-5-10(8)12;/h2-7H,1H3;1H. The monoisotopic (exact) mass is 315 g/mol. The van der Waals surface area contributed by atoms with E-state index in [4.69, 9.17) is 5.11 Å². The van der Waals surface area contributed by atoms with Gasteiger partial charge in [-0.3, -0.25) is 0 Å². The van der Waals surface area contributed by atoms with E-state index < -0.39 is 5.97 Å². The first-order valence-corrected chi connectivity index (χ1v) is 4.31. The normalized spacial score (nSPS) is 9.67. The van der Waals surface area contributed by atoms with Crippen molar-refractivity contribution in [3.8, 4) is 0 Å². The molecule has 15 heavy (non-hydrogen) atoms. The van der Waals surface area contributed by atoms with Gasteiger partial charge in [0.2, 0.25) is 5.52 Å². The lowest BCUT2D eigenvalue weighted by Crippen LogP contribution is -3.00. The second kappa shape index (κ2) is 4.57. The fraction of sp³-hybridized carbons (Fsp3) is 0.0909. The van der Waals surface area contributed by atoms with Crippen LogP contribution in [0.1, 0.15) is 10.4 Å². The molecule has 0 bridgehead atoms. The Morgan fingerprint density at radius 2 is 1.93 bits per heavy atom. The van der Waals surface area contributed by atoms with Crippen molar-refractivity contribution in [3.05, 3.63) is 42.1 Å². The molecule has 4 heteroatoms. The highest BCUT2D eigenvalue weighted by molar-refractivity contribution is 6.01. The van der Waals surface area contributed by atoms with Crippen molar-refractivity contribution < 1.29 is 38.4 Å². The summed E-state index contributed by atoms with van der Waals surface area (Å²) in [6.07, 6.45) is 1.76. The number of carbonyl (C=O) groups is 1. The van der Waals surface area contributed by atoms with E-state index in [2.05, 4.69) is 0 Å². The Morgan fingerprint density at radius 3 is 2.60 bits per heavy atom. The summed E-state index contributed by atoms with van der Waals surface area (Å²) in [5, 5.41) is 9.73. The topological polar surface area (TPSA) is 41.2 Å². The maximum Gasteiger partial charge on any atom is 0.336 e. The van der Waals surface area contributed by atoms with Gasteiger partial charge >= 0.3 is 5.97 Å². The van der Waals surface area contributed by atoms with Crippen LogP contribution in [-0.2, 0) is 7.05 Å². The molecule has 78 valence electrons. The van der Waals surface area contributed by atoms with Gasteiger partial charge in [-0.05, 0) is 6.07 Å². The zero-order valence-electron chi connectivity index (χ0n) is 8.14. The molecule has 0 amide bonds. The van der Waals surface area contributed by atoms with Crippen LogP contribution in [0, 0.1) is 0 Å². The second-order valence-corrected chi connectivity index (χ2v) is 3.16. The summed E-state index contributed by atoms with van der Waals surface area (Å²) in [4.78, 5) is 10.9. The van der Waals surface area contributed by atoms with E-state index in [0.29, 0.717) is 5.56 Å². The highest BCUT2D eigenvalue weighted by Crippen LogP contribution is 2.14. The number of nitrogens with zero attached hydrogens (tertiary/aromatic N) is 1. The summed E-state index contributed by atoms with van der Waals surface area (Å²) < 4.78 is 1.90. The van der Waals surface area contributed by atoms with Gasteiger partial charge in [0.25, 0.3) is 0 Å². The van der Waals surface area contributed by atoms with Crippen LogP contribution in [0.4, 0.5) is 0 Å². The van der Waals surface area contributed by atoms with Crippen molar-refractivity contribution in [1.82, 2.24) is 0 Å². The molecule has 0 spiro atoms. The van der Waals surface area contributed by atoms with Crippen molar-refractivity contribution in [2.45, 2.75) is 0 Å². The van der Waals surface area contributed by atoms with Gasteiger partial charge in [0.05, 0.1) is 10.9 Å². The maximum atomic E-state index is 10.9. The van der Waals surface area contributed by atoms with Gasteiger partial charge < -0.3 is 29.1 Å². The highest BCUT2D eigenvalue weighted by atomic mass is 127. The molecule has 0 saturated carbocycles. The number of aromatic nitrogens is 1. The molecule has 0 aliphatic heterocycles. The van der Waals surface area contributed by atoms with E-state index in [0.717, 1.165) is 10.9 Å². The number of fused-ring (bicyclic) bond motifs is 1. The Balaban J connectivity index is 0.00000112. The fourth-order valence-corrected chi connectivity index (χ4v) is 1.55. The number of carboxylic acids is 1. The van der Waals surface area contributed by atoms with Crippen molar-refractivity contribution >= 4 is 16.9 Å². The number of rotatable bonds is 1. The number of pyridine rings is 1. The first-order valence-electron chi connectivity index (χ1n) is 4.31. The van der Waals surface area contributed by atoms with E-state index in [9.17, 15) is 4.79 Å². The van der Waals surface area contributed by atoms with E-state index in [1.807, 2.05) is 35.9 Å². The van der Waals surface area contributed by atoms with Crippen LogP contribution < -0.4 is 28.5 Å². The molecular weight excluding hydrogens is 305 g/mol. The predicted molar refractivity (Wildman–Crippen MR) is 52.1 cm³/mol.